The molecule has 2 fully saturated rings. The van der Waals surface area contributed by atoms with E-state index in [-0.39, 0.29) is 18.3 Å². The van der Waals surface area contributed by atoms with E-state index in [1.165, 1.54) is 32.5 Å². The number of carbonyl (C=O) groups is 1. The summed E-state index contributed by atoms with van der Waals surface area (Å²) in [6, 6.07) is 0.279. The molecule has 160 valence electrons. The molecule has 0 radical (unpaired) electrons. The van der Waals surface area contributed by atoms with Crippen LogP contribution in [0.25, 0.3) is 0 Å². The molecule has 0 unspecified atom stereocenters. The summed E-state index contributed by atoms with van der Waals surface area (Å²) in [6.45, 7) is 10.2. The van der Waals surface area contributed by atoms with Crippen LogP contribution in [0.5, 0.6) is 6.01 Å². The van der Waals surface area contributed by atoms with Gasteiger partial charge in [0.1, 0.15) is 11.6 Å². The third-order valence-electron chi connectivity index (χ3n) is 6.14. The van der Waals surface area contributed by atoms with Crippen molar-refractivity contribution < 1.29 is 9.53 Å². The first-order valence-corrected chi connectivity index (χ1v) is 11.2. The van der Waals surface area contributed by atoms with Crippen LogP contribution in [0.3, 0.4) is 0 Å². The minimum absolute atomic E-state index is 0.0564. The van der Waals surface area contributed by atoms with Gasteiger partial charge in [0.05, 0.1) is 13.0 Å². The Morgan fingerprint density at radius 1 is 1.07 bits per heavy atom. The number of nitrogens with two attached hydrogens (primary N) is 1. The molecule has 1 saturated heterocycles. The predicted molar refractivity (Wildman–Crippen MR) is 113 cm³/mol. The first-order valence-electron chi connectivity index (χ1n) is 11.2. The summed E-state index contributed by atoms with van der Waals surface area (Å²) >= 11 is 0. The predicted octanol–water partition coefficient (Wildman–Crippen LogP) is 1.54. The maximum Gasteiger partial charge on any atom is 0.320 e. The Kier molecular flexibility index (Phi) is 6.50. The topological polar surface area (TPSA) is 87.8 Å². The van der Waals surface area contributed by atoms with Crippen molar-refractivity contribution in [3.05, 3.63) is 5.56 Å². The van der Waals surface area contributed by atoms with Crippen LogP contribution in [0.15, 0.2) is 0 Å². The van der Waals surface area contributed by atoms with Crippen molar-refractivity contribution in [3.8, 4) is 6.01 Å². The molecule has 1 aromatic rings. The number of fused-ring (bicyclic) bond motifs is 1. The van der Waals surface area contributed by atoms with Gasteiger partial charge in [-0.15, -0.1) is 0 Å². The highest BCUT2D eigenvalue weighted by Gasteiger charge is 2.32. The maximum atomic E-state index is 12.5. The van der Waals surface area contributed by atoms with Crippen molar-refractivity contribution in [3.63, 3.8) is 0 Å². The number of ether oxygens (including phenoxy) is 1. The molecule has 29 heavy (non-hydrogen) atoms. The summed E-state index contributed by atoms with van der Waals surface area (Å²) in [7, 11) is 0. The van der Waals surface area contributed by atoms with Gasteiger partial charge >= 0.3 is 6.01 Å². The molecule has 2 N–H and O–H groups in total. The van der Waals surface area contributed by atoms with Crippen LogP contribution in [0.1, 0.15) is 44.6 Å². The number of hydrogen-bond donors (Lipinski definition) is 1. The van der Waals surface area contributed by atoms with E-state index in [1.807, 2.05) is 0 Å². The van der Waals surface area contributed by atoms with Crippen molar-refractivity contribution in [2.75, 3.05) is 63.1 Å². The molecule has 2 aliphatic heterocycles. The maximum absolute atomic E-state index is 12.5. The quantitative estimate of drug-likeness (QED) is 0.594. The van der Waals surface area contributed by atoms with Crippen molar-refractivity contribution in [2.45, 2.75) is 45.4 Å². The summed E-state index contributed by atoms with van der Waals surface area (Å²) in [5, 5.41) is 0. The van der Waals surface area contributed by atoms with Gasteiger partial charge in [-0.3, -0.25) is 9.69 Å². The number of unbranched alkanes of at least 4 members (excludes halogenated alkanes) is 1. The van der Waals surface area contributed by atoms with Crippen molar-refractivity contribution in [1.29, 1.82) is 0 Å². The van der Waals surface area contributed by atoms with Crippen LogP contribution in [0.4, 0.5) is 11.6 Å². The van der Waals surface area contributed by atoms with E-state index in [4.69, 9.17) is 10.5 Å². The molecule has 1 aromatic heterocycles. The molecule has 8 nitrogen and oxygen atoms in total. The molecule has 8 heteroatoms. The lowest BCUT2D eigenvalue weighted by Crippen LogP contribution is -2.47. The lowest BCUT2D eigenvalue weighted by atomic mass is 10.2. The number of anilines is 2. The summed E-state index contributed by atoms with van der Waals surface area (Å²) in [6.07, 6.45) is 6.05. The van der Waals surface area contributed by atoms with Gasteiger partial charge in [-0.25, -0.2) is 0 Å². The number of hydrogen-bond acceptors (Lipinski definition) is 7. The fourth-order valence-electron chi connectivity index (χ4n) is 4.14. The van der Waals surface area contributed by atoms with E-state index in [1.54, 1.807) is 4.90 Å². The van der Waals surface area contributed by atoms with E-state index in [0.717, 1.165) is 50.4 Å². The third kappa shape index (κ3) is 5.17. The van der Waals surface area contributed by atoms with Gasteiger partial charge in [-0.2, -0.15) is 9.97 Å². The number of amides is 1. The van der Waals surface area contributed by atoms with E-state index < -0.39 is 0 Å². The first kappa shape index (κ1) is 20.3. The smallest absolute Gasteiger partial charge is 0.320 e. The van der Waals surface area contributed by atoms with Crippen LogP contribution in [-0.4, -0.2) is 78.1 Å². The highest BCUT2D eigenvalue weighted by Crippen LogP contribution is 2.32. The molecule has 3 aliphatic rings. The highest BCUT2D eigenvalue weighted by atomic mass is 16.5. The van der Waals surface area contributed by atoms with E-state index in [0.29, 0.717) is 24.8 Å². The Morgan fingerprint density at radius 3 is 2.55 bits per heavy atom. The second-order valence-corrected chi connectivity index (χ2v) is 8.56. The van der Waals surface area contributed by atoms with Crippen LogP contribution in [-0.2, 0) is 11.2 Å². The normalized spacial score (nSPS) is 20.3. The van der Waals surface area contributed by atoms with Crippen molar-refractivity contribution in [2.24, 2.45) is 5.92 Å². The zero-order valence-corrected chi connectivity index (χ0v) is 17.6. The second kappa shape index (κ2) is 9.26. The molecular formula is C21H34N6O2. The van der Waals surface area contributed by atoms with E-state index in [2.05, 4.69) is 26.7 Å². The fourth-order valence-corrected chi connectivity index (χ4v) is 4.14. The molecular weight excluding hydrogens is 368 g/mol. The van der Waals surface area contributed by atoms with Gasteiger partial charge < -0.3 is 20.3 Å². The number of nitrogens with zero attached hydrogens (tertiary/aromatic N) is 5. The molecule has 0 spiro atoms. The van der Waals surface area contributed by atoms with E-state index >= 15 is 0 Å². The van der Waals surface area contributed by atoms with Crippen LogP contribution >= 0.6 is 0 Å². The number of aromatic nitrogens is 2. The molecule has 3 heterocycles. The zero-order valence-electron chi connectivity index (χ0n) is 17.6. The number of rotatable bonds is 10. The summed E-state index contributed by atoms with van der Waals surface area (Å²) in [5.74, 6) is 2.03. The molecule has 1 aliphatic carbocycles. The van der Waals surface area contributed by atoms with E-state index in [9.17, 15) is 4.79 Å². The Hall–Kier alpha value is -1.93. The van der Waals surface area contributed by atoms with Gasteiger partial charge in [0.15, 0.2) is 0 Å². The molecule has 1 amide bonds. The van der Waals surface area contributed by atoms with Crippen molar-refractivity contribution in [1.82, 2.24) is 19.8 Å². The van der Waals surface area contributed by atoms with Gasteiger partial charge in [0, 0.05) is 44.8 Å². The molecule has 0 atom stereocenters. The molecule has 0 bridgehead atoms. The fraction of sp³-hybridized carbons (Fsp3) is 0.762. The molecule has 0 aromatic carbocycles. The average molecular weight is 403 g/mol. The number of piperazine rings is 1. The Bertz CT molecular complexity index is 715. The van der Waals surface area contributed by atoms with Gasteiger partial charge in [0.25, 0.3) is 0 Å². The summed E-state index contributed by atoms with van der Waals surface area (Å²) in [4.78, 5) is 28.1. The van der Waals surface area contributed by atoms with Crippen molar-refractivity contribution >= 4 is 17.5 Å². The monoisotopic (exact) mass is 402 g/mol. The summed E-state index contributed by atoms with van der Waals surface area (Å²) < 4.78 is 5.62. The van der Waals surface area contributed by atoms with Crippen LogP contribution in [0.2, 0.25) is 0 Å². The Morgan fingerprint density at radius 2 is 1.83 bits per heavy atom. The minimum atomic E-state index is 0.0564. The SMILES string of the molecule is CCCCOc1nc(N)c2c(n1)N(CCCN1CCN(CC3CC3)CC1)C(=O)C2. The lowest BCUT2D eigenvalue weighted by molar-refractivity contribution is -0.117. The van der Waals surface area contributed by atoms with Crippen LogP contribution < -0.4 is 15.4 Å². The molecule has 4 rings (SSSR count). The zero-order chi connectivity index (χ0) is 20.2. The molecule has 1 saturated carbocycles. The van der Waals surface area contributed by atoms with Gasteiger partial charge in [-0.1, -0.05) is 13.3 Å². The lowest BCUT2D eigenvalue weighted by Gasteiger charge is -2.35. The summed E-state index contributed by atoms with van der Waals surface area (Å²) in [5.41, 5.74) is 6.82. The minimum Gasteiger partial charge on any atom is -0.463 e. The Labute approximate surface area is 173 Å². The Balaban J connectivity index is 1.27. The number of nitrogen functional groups attached to an aromatic ring is 1. The van der Waals surface area contributed by atoms with Crippen LogP contribution in [0, 0.1) is 5.92 Å². The largest absolute Gasteiger partial charge is 0.463 e. The standard InChI is InChI=1S/C21H34N6O2/c1-2-3-13-29-21-23-19(22)17-14-18(28)27(20(17)24-21)8-4-7-25-9-11-26(12-10-25)15-16-5-6-16/h16H,2-15H2,1H3,(H2,22,23,24). The third-order valence-corrected chi connectivity index (χ3v) is 6.14. The first-order chi connectivity index (χ1) is 14.1. The highest BCUT2D eigenvalue weighted by molar-refractivity contribution is 6.01. The average Bonchev–Trinajstić information content (AvgIpc) is 3.47. The number of carbonyl (C=O) groups excluding carboxylic acids is 1. The van der Waals surface area contributed by atoms with Gasteiger partial charge in [0.2, 0.25) is 5.91 Å². The second-order valence-electron chi connectivity index (χ2n) is 8.56. The van der Waals surface area contributed by atoms with Gasteiger partial charge in [-0.05, 0) is 38.1 Å².